The zero-order valence-corrected chi connectivity index (χ0v) is 39.0. The number of aliphatic hydroxyl groups is 5. The van der Waals surface area contributed by atoms with E-state index in [9.17, 15) is 44.6 Å². The molecule has 0 saturated heterocycles. The van der Waals surface area contributed by atoms with Crippen molar-refractivity contribution in [3.8, 4) is 0 Å². The molecule has 0 aromatic rings. The lowest BCUT2D eigenvalue weighted by molar-refractivity contribution is -0.220. The lowest BCUT2D eigenvalue weighted by Gasteiger charge is -2.41. The summed E-state index contributed by atoms with van der Waals surface area (Å²) >= 11 is 0. The third-order valence-electron chi connectivity index (χ3n) is 10.2. The maximum absolute atomic E-state index is 12.8. The predicted octanol–water partition coefficient (Wildman–Crippen LogP) is 9.28. The van der Waals surface area contributed by atoms with Crippen LogP contribution in [-0.4, -0.2) is 98.3 Å². The van der Waals surface area contributed by atoms with Crippen LogP contribution in [0.15, 0.2) is 85.1 Å². The first-order valence-electron chi connectivity index (χ1n) is 23.4. The van der Waals surface area contributed by atoms with Gasteiger partial charge in [-0.25, -0.2) is 4.57 Å². The Labute approximate surface area is 378 Å². The van der Waals surface area contributed by atoms with E-state index in [0.29, 0.717) is 12.8 Å². The zero-order valence-electron chi connectivity index (χ0n) is 38.1. The minimum absolute atomic E-state index is 0.0418. The number of allylic oxidation sites excluding steroid dienone is 14. The molecule has 1 saturated carbocycles. The van der Waals surface area contributed by atoms with E-state index in [-0.39, 0.29) is 12.8 Å². The Hall–Kier alpha value is -2.97. The van der Waals surface area contributed by atoms with Crippen LogP contribution in [0.3, 0.4) is 0 Å². The molecule has 1 fully saturated rings. The molecule has 0 bridgehead atoms. The highest BCUT2D eigenvalue weighted by molar-refractivity contribution is 7.47. The van der Waals surface area contributed by atoms with E-state index in [2.05, 4.69) is 98.9 Å². The van der Waals surface area contributed by atoms with E-state index < -0.39 is 75.7 Å². The minimum atomic E-state index is -5.14. The summed E-state index contributed by atoms with van der Waals surface area (Å²) in [6, 6.07) is 0. The number of phosphoric ester groups is 1. The second-order valence-corrected chi connectivity index (χ2v) is 17.3. The molecule has 0 aromatic carbocycles. The van der Waals surface area contributed by atoms with Crippen molar-refractivity contribution in [2.24, 2.45) is 0 Å². The van der Waals surface area contributed by atoms with Crippen molar-refractivity contribution in [2.45, 2.75) is 198 Å². The summed E-state index contributed by atoms with van der Waals surface area (Å²) in [4.78, 5) is 35.7. The van der Waals surface area contributed by atoms with Crippen LogP contribution in [0, 0.1) is 0 Å². The number of hydrogen-bond donors (Lipinski definition) is 6. The maximum atomic E-state index is 12.8. The third-order valence-corrected chi connectivity index (χ3v) is 11.2. The van der Waals surface area contributed by atoms with Crippen molar-refractivity contribution in [3.63, 3.8) is 0 Å². The molecule has 6 N–H and O–H groups in total. The van der Waals surface area contributed by atoms with Crippen molar-refractivity contribution in [2.75, 3.05) is 13.2 Å². The van der Waals surface area contributed by atoms with Gasteiger partial charge in [0, 0.05) is 12.8 Å². The predicted molar refractivity (Wildman–Crippen MR) is 248 cm³/mol. The van der Waals surface area contributed by atoms with Gasteiger partial charge in [-0.3, -0.25) is 18.6 Å². The summed E-state index contributed by atoms with van der Waals surface area (Å²) < 4.78 is 33.5. The van der Waals surface area contributed by atoms with Gasteiger partial charge in [0.2, 0.25) is 0 Å². The molecule has 0 aromatic heterocycles. The number of unbranched alkanes of at least 4 members (excludes halogenated alkanes) is 11. The number of esters is 2. The van der Waals surface area contributed by atoms with E-state index in [1.165, 1.54) is 38.5 Å². The van der Waals surface area contributed by atoms with Gasteiger partial charge in [-0.15, -0.1) is 0 Å². The first kappa shape index (κ1) is 58.0. The van der Waals surface area contributed by atoms with Crippen molar-refractivity contribution in [3.05, 3.63) is 85.1 Å². The van der Waals surface area contributed by atoms with Gasteiger partial charge < -0.3 is 39.9 Å². The van der Waals surface area contributed by atoms with Crippen LogP contribution in [0.5, 0.6) is 0 Å². The average molecular weight is 909 g/mol. The van der Waals surface area contributed by atoms with Crippen LogP contribution in [0.25, 0.3) is 0 Å². The smallest absolute Gasteiger partial charge is 0.462 e. The van der Waals surface area contributed by atoms with E-state index in [0.717, 1.165) is 77.0 Å². The molecule has 8 atom stereocenters. The quantitative estimate of drug-likeness (QED) is 0.0149. The molecule has 0 amide bonds. The SMILES string of the molecule is CC/C=C/C/C=C/C/C=C/C/C=C/C/C=C/CCCCCC(=O)OC[C@@H](COP(=O)(O)OC1C(O)C(O)C(O)[C@H](O)C1O)OC(=O)CCCC/C=C/C/C=C/CCCCCCCC. The molecule has 0 aliphatic heterocycles. The van der Waals surface area contributed by atoms with Crippen molar-refractivity contribution in [1.29, 1.82) is 0 Å². The molecule has 14 heteroatoms. The van der Waals surface area contributed by atoms with Crippen molar-refractivity contribution < 1.29 is 63.1 Å². The highest BCUT2D eigenvalue weighted by Gasteiger charge is 2.51. The Morgan fingerprint density at radius 2 is 0.905 bits per heavy atom. The second kappa shape index (κ2) is 38.3. The Morgan fingerprint density at radius 1 is 0.508 bits per heavy atom. The Bertz CT molecular complexity index is 1420. The van der Waals surface area contributed by atoms with Crippen molar-refractivity contribution in [1.82, 2.24) is 0 Å². The first-order chi connectivity index (χ1) is 30.4. The molecule has 0 heterocycles. The highest BCUT2D eigenvalue weighted by atomic mass is 31.2. The van der Waals surface area contributed by atoms with Gasteiger partial charge in [0.05, 0.1) is 6.61 Å². The van der Waals surface area contributed by atoms with Crippen molar-refractivity contribution >= 4 is 19.8 Å². The Kier molecular flexibility index (Phi) is 35.3. The van der Waals surface area contributed by atoms with Gasteiger partial charge in [0.1, 0.15) is 43.2 Å². The average Bonchev–Trinajstić information content (AvgIpc) is 3.26. The molecule has 360 valence electrons. The molecular formula is C49H81O13P. The number of hydrogen-bond acceptors (Lipinski definition) is 12. The molecule has 1 aliphatic carbocycles. The number of aliphatic hydroxyl groups excluding tert-OH is 5. The fourth-order valence-electron chi connectivity index (χ4n) is 6.46. The Morgan fingerprint density at radius 3 is 1.41 bits per heavy atom. The molecular weight excluding hydrogens is 827 g/mol. The molecule has 6 unspecified atom stereocenters. The lowest BCUT2D eigenvalue weighted by Crippen LogP contribution is -2.64. The number of carbonyl (C=O) groups excluding carboxylic acids is 2. The Balaban J connectivity index is 2.51. The minimum Gasteiger partial charge on any atom is -0.462 e. The monoisotopic (exact) mass is 909 g/mol. The fourth-order valence-corrected chi connectivity index (χ4v) is 7.43. The zero-order chi connectivity index (χ0) is 46.4. The summed E-state index contributed by atoms with van der Waals surface area (Å²) in [6.07, 6.45) is 36.4. The summed E-state index contributed by atoms with van der Waals surface area (Å²) in [6.45, 7) is 3.11. The largest absolute Gasteiger partial charge is 0.472 e. The summed E-state index contributed by atoms with van der Waals surface area (Å²) in [5, 5.41) is 50.2. The van der Waals surface area contributed by atoms with E-state index in [4.69, 9.17) is 18.5 Å². The normalized spacial score (nSPS) is 22.5. The highest BCUT2D eigenvalue weighted by Crippen LogP contribution is 2.47. The van der Waals surface area contributed by atoms with E-state index >= 15 is 0 Å². The van der Waals surface area contributed by atoms with Crippen LogP contribution < -0.4 is 0 Å². The second-order valence-electron chi connectivity index (χ2n) is 15.9. The fraction of sp³-hybridized carbons (Fsp3) is 0.673. The summed E-state index contributed by atoms with van der Waals surface area (Å²) in [5.41, 5.74) is 0. The number of ether oxygens (including phenoxy) is 2. The first-order valence-corrected chi connectivity index (χ1v) is 24.9. The van der Waals surface area contributed by atoms with Gasteiger partial charge in [-0.05, 0) is 89.9 Å². The topological polar surface area (TPSA) is 210 Å². The molecule has 0 radical (unpaired) electrons. The lowest BCUT2D eigenvalue weighted by atomic mass is 9.85. The van der Waals surface area contributed by atoms with Gasteiger partial charge in [-0.1, -0.05) is 137 Å². The van der Waals surface area contributed by atoms with Gasteiger partial charge in [0.25, 0.3) is 0 Å². The number of phosphoric acid groups is 1. The van der Waals surface area contributed by atoms with Crippen LogP contribution in [-0.2, 0) is 32.7 Å². The summed E-state index contributed by atoms with van der Waals surface area (Å²) in [7, 11) is -5.14. The maximum Gasteiger partial charge on any atom is 0.472 e. The molecule has 63 heavy (non-hydrogen) atoms. The molecule has 13 nitrogen and oxygen atoms in total. The van der Waals surface area contributed by atoms with Gasteiger partial charge >= 0.3 is 19.8 Å². The van der Waals surface area contributed by atoms with E-state index in [1.54, 1.807) is 0 Å². The summed E-state index contributed by atoms with van der Waals surface area (Å²) in [5.74, 6) is -1.18. The molecule has 0 spiro atoms. The molecule has 1 rings (SSSR count). The number of rotatable bonds is 37. The molecule has 1 aliphatic rings. The van der Waals surface area contributed by atoms with Crippen LogP contribution >= 0.6 is 7.82 Å². The third kappa shape index (κ3) is 30.7. The standard InChI is InChI=1S/C49H81O13P/c1-3-5-7-9-11-13-15-17-19-20-21-22-24-25-27-29-31-33-35-37-42(50)59-39-41(40-60-63(57,58)62-49-47(55)45(53)44(52)46(54)48(49)56)61-43(51)38-36-34-32-30-28-26-23-18-16-14-12-10-8-6-4-2/h5,7,11,13,17-19,21-23,25,27-28,30,41,44-49,52-56H,3-4,6,8-10,12,14-16,20,24,26,29,31-40H2,1-2H3,(H,57,58)/b7-5+,13-11+,19-17+,22-21+,23-18+,27-25+,30-28+/t41-,44?,45-,46?,47?,48?,49?/m0/s1. The van der Waals surface area contributed by atoms with Gasteiger partial charge in [0.15, 0.2) is 6.10 Å². The van der Waals surface area contributed by atoms with Crippen LogP contribution in [0.1, 0.15) is 155 Å². The van der Waals surface area contributed by atoms with Gasteiger partial charge in [-0.2, -0.15) is 0 Å². The van der Waals surface area contributed by atoms with Crippen LogP contribution in [0.4, 0.5) is 0 Å². The number of carbonyl (C=O) groups is 2. The van der Waals surface area contributed by atoms with Crippen LogP contribution in [0.2, 0.25) is 0 Å². The van der Waals surface area contributed by atoms with E-state index in [1.807, 2.05) is 0 Å².